The lowest BCUT2D eigenvalue weighted by Gasteiger charge is -2.18. The van der Waals surface area contributed by atoms with Crippen LogP contribution >= 0.6 is 0 Å². The molecule has 0 bridgehead atoms. The molecule has 24 heavy (non-hydrogen) atoms. The van der Waals surface area contributed by atoms with Crippen molar-refractivity contribution in [1.29, 1.82) is 0 Å². The minimum atomic E-state index is -0.501. The van der Waals surface area contributed by atoms with Crippen molar-refractivity contribution < 1.29 is 9.72 Å². The minimum Gasteiger partial charge on any atom is -0.334 e. The Bertz CT molecular complexity index is 767. The molecule has 7 nitrogen and oxygen atoms in total. The lowest BCUT2D eigenvalue weighted by Crippen LogP contribution is -2.23. The molecule has 0 atom stereocenters. The number of anilines is 2. The quantitative estimate of drug-likeness (QED) is 0.404. The second-order valence-electron chi connectivity index (χ2n) is 5.13. The van der Waals surface area contributed by atoms with Crippen molar-refractivity contribution in [2.75, 3.05) is 24.3 Å². The van der Waals surface area contributed by atoms with Crippen molar-refractivity contribution in [1.82, 2.24) is 0 Å². The van der Waals surface area contributed by atoms with Gasteiger partial charge in [-0.3, -0.25) is 19.9 Å². The van der Waals surface area contributed by atoms with E-state index >= 15 is 0 Å². The summed E-state index contributed by atoms with van der Waals surface area (Å²) < 4.78 is 0. The SMILES string of the molecule is CN=C(C)N(C)c1ccc(NC(=O)c2ccc([N+](=O)[O-])cc2)cc1. The zero-order valence-electron chi connectivity index (χ0n) is 13.7. The number of benzene rings is 2. The molecule has 0 aliphatic rings. The van der Waals surface area contributed by atoms with Gasteiger partial charge in [-0.25, -0.2) is 0 Å². The van der Waals surface area contributed by atoms with Gasteiger partial charge in [-0.15, -0.1) is 0 Å². The van der Waals surface area contributed by atoms with E-state index in [0.717, 1.165) is 11.5 Å². The Balaban J connectivity index is 2.08. The van der Waals surface area contributed by atoms with E-state index in [1.54, 1.807) is 19.2 Å². The number of nitrogens with zero attached hydrogens (tertiary/aromatic N) is 3. The third-order valence-electron chi connectivity index (χ3n) is 3.66. The fraction of sp³-hybridized carbons (Fsp3) is 0.176. The average Bonchev–Trinajstić information content (AvgIpc) is 2.61. The number of non-ortho nitro benzene ring substituents is 1. The number of nitro benzene ring substituents is 1. The molecular weight excluding hydrogens is 308 g/mol. The predicted molar refractivity (Wildman–Crippen MR) is 94.9 cm³/mol. The van der Waals surface area contributed by atoms with Crippen molar-refractivity contribution >= 4 is 28.8 Å². The van der Waals surface area contributed by atoms with Gasteiger partial charge in [-0.1, -0.05) is 0 Å². The maximum Gasteiger partial charge on any atom is 0.269 e. The summed E-state index contributed by atoms with van der Waals surface area (Å²) >= 11 is 0. The number of nitro groups is 1. The highest BCUT2D eigenvalue weighted by atomic mass is 16.6. The van der Waals surface area contributed by atoms with Crippen LogP contribution in [0.2, 0.25) is 0 Å². The van der Waals surface area contributed by atoms with Gasteiger partial charge in [0, 0.05) is 43.2 Å². The van der Waals surface area contributed by atoms with Crippen LogP contribution in [0.5, 0.6) is 0 Å². The maximum absolute atomic E-state index is 12.2. The second kappa shape index (κ2) is 7.36. The number of rotatable bonds is 4. The molecule has 0 saturated heterocycles. The van der Waals surface area contributed by atoms with E-state index in [0.29, 0.717) is 11.3 Å². The fourth-order valence-electron chi connectivity index (χ4n) is 2.04. The van der Waals surface area contributed by atoms with Crippen LogP contribution in [0.4, 0.5) is 17.1 Å². The number of aliphatic imine (C=N–C) groups is 1. The van der Waals surface area contributed by atoms with Crippen LogP contribution < -0.4 is 10.2 Å². The first-order valence-corrected chi connectivity index (χ1v) is 7.25. The van der Waals surface area contributed by atoms with Crippen LogP contribution in [0.3, 0.4) is 0 Å². The first kappa shape index (κ1) is 17.1. The summed E-state index contributed by atoms with van der Waals surface area (Å²) in [6.45, 7) is 1.91. The number of amides is 1. The lowest BCUT2D eigenvalue weighted by atomic mass is 10.2. The Hall–Kier alpha value is -3.22. The maximum atomic E-state index is 12.2. The number of amidine groups is 1. The summed E-state index contributed by atoms with van der Waals surface area (Å²) in [5, 5.41) is 13.4. The molecule has 7 heteroatoms. The van der Waals surface area contributed by atoms with E-state index in [1.165, 1.54) is 24.3 Å². The van der Waals surface area contributed by atoms with Gasteiger partial charge in [0.05, 0.1) is 10.8 Å². The number of hydrogen-bond acceptors (Lipinski definition) is 4. The monoisotopic (exact) mass is 326 g/mol. The third-order valence-corrected chi connectivity index (χ3v) is 3.66. The molecule has 1 N–H and O–H groups in total. The fourth-order valence-corrected chi connectivity index (χ4v) is 2.04. The molecular formula is C17H18N4O3. The van der Waals surface area contributed by atoms with Crippen LogP contribution in [0.15, 0.2) is 53.5 Å². The Morgan fingerprint density at radius 2 is 1.71 bits per heavy atom. The largest absolute Gasteiger partial charge is 0.334 e. The molecule has 2 aromatic rings. The minimum absolute atomic E-state index is 0.0492. The lowest BCUT2D eigenvalue weighted by molar-refractivity contribution is -0.384. The van der Waals surface area contributed by atoms with Crippen molar-refractivity contribution in [3.05, 3.63) is 64.2 Å². The van der Waals surface area contributed by atoms with Gasteiger partial charge in [-0.2, -0.15) is 0 Å². The van der Waals surface area contributed by atoms with Crippen molar-refractivity contribution in [2.45, 2.75) is 6.92 Å². The molecule has 0 saturated carbocycles. The highest BCUT2D eigenvalue weighted by Gasteiger charge is 2.10. The third kappa shape index (κ3) is 3.95. The topological polar surface area (TPSA) is 87.8 Å². The summed E-state index contributed by atoms with van der Waals surface area (Å²) in [6.07, 6.45) is 0. The molecule has 0 fully saturated rings. The average molecular weight is 326 g/mol. The summed E-state index contributed by atoms with van der Waals surface area (Å²) in [7, 11) is 3.64. The van der Waals surface area contributed by atoms with E-state index in [1.807, 2.05) is 31.0 Å². The smallest absolute Gasteiger partial charge is 0.269 e. The molecule has 0 aliphatic carbocycles. The van der Waals surface area contributed by atoms with Crippen LogP contribution in [0.1, 0.15) is 17.3 Å². The van der Waals surface area contributed by atoms with Crippen LogP contribution in [-0.2, 0) is 0 Å². The summed E-state index contributed by atoms with van der Waals surface area (Å²) in [5.41, 5.74) is 1.90. The Morgan fingerprint density at radius 1 is 1.12 bits per heavy atom. The summed E-state index contributed by atoms with van der Waals surface area (Å²) in [6, 6.07) is 12.8. The van der Waals surface area contributed by atoms with Crippen molar-refractivity contribution in [2.24, 2.45) is 4.99 Å². The molecule has 0 heterocycles. The second-order valence-corrected chi connectivity index (χ2v) is 5.13. The van der Waals surface area contributed by atoms with Crippen LogP contribution in [-0.4, -0.2) is 30.8 Å². The first-order valence-electron chi connectivity index (χ1n) is 7.25. The van der Waals surface area contributed by atoms with Crippen molar-refractivity contribution in [3.63, 3.8) is 0 Å². The highest BCUT2D eigenvalue weighted by Crippen LogP contribution is 2.18. The van der Waals surface area contributed by atoms with E-state index < -0.39 is 4.92 Å². The highest BCUT2D eigenvalue weighted by molar-refractivity contribution is 6.04. The Morgan fingerprint density at radius 3 is 2.21 bits per heavy atom. The molecule has 0 spiro atoms. The van der Waals surface area contributed by atoms with E-state index in [9.17, 15) is 14.9 Å². The van der Waals surface area contributed by atoms with E-state index in [2.05, 4.69) is 10.3 Å². The van der Waals surface area contributed by atoms with Gasteiger partial charge in [-0.05, 0) is 43.3 Å². The predicted octanol–water partition coefficient (Wildman–Crippen LogP) is 3.33. The zero-order valence-corrected chi connectivity index (χ0v) is 13.7. The molecule has 0 aromatic heterocycles. The van der Waals surface area contributed by atoms with Crippen LogP contribution in [0, 0.1) is 10.1 Å². The molecule has 1 amide bonds. The normalized spacial score (nSPS) is 11.0. The molecule has 0 radical (unpaired) electrons. The van der Waals surface area contributed by atoms with Gasteiger partial charge in [0.25, 0.3) is 11.6 Å². The Kier molecular flexibility index (Phi) is 5.26. The zero-order chi connectivity index (χ0) is 17.7. The number of hydrogen-bond donors (Lipinski definition) is 1. The van der Waals surface area contributed by atoms with E-state index in [-0.39, 0.29) is 11.6 Å². The van der Waals surface area contributed by atoms with Crippen LogP contribution in [0.25, 0.3) is 0 Å². The first-order chi connectivity index (χ1) is 11.4. The standard InChI is InChI=1S/C17H18N4O3/c1-12(18-2)20(3)15-10-6-14(7-11-15)19-17(22)13-4-8-16(9-5-13)21(23)24/h4-11H,1-3H3,(H,19,22). The molecule has 2 aromatic carbocycles. The number of carbonyl (C=O) groups excluding carboxylic acids is 1. The summed E-state index contributed by atoms with van der Waals surface area (Å²) in [4.78, 5) is 28.3. The van der Waals surface area contributed by atoms with Gasteiger partial charge < -0.3 is 10.2 Å². The molecule has 2 rings (SSSR count). The molecule has 0 aliphatic heterocycles. The van der Waals surface area contributed by atoms with Gasteiger partial charge >= 0.3 is 0 Å². The molecule has 124 valence electrons. The number of nitrogens with one attached hydrogen (secondary N) is 1. The van der Waals surface area contributed by atoms with Crippen molar-refractivity contribution in [3.8, 4) is 0 Å². The van der Waals surface area contributed by atoms with Gasteiger partial charge in [0.2, 0.25) is 0 Å². The Labute approximate surface area is 139 Å². The van der Waals surface area contributed by atoms with Gasteiger partial charge in [0.1, 0.15) is 0 Å². The summed E-state index contributed by atoms with van der Waals surface area (Å²) in [5.74, 6) is 0.551. The van der Waals surface area contributed by atoms with E-state index in [4.69, 9.17) is 0 Å². The van der Waals surface area contributed by atoms with Gasteiger partial charge in [0.15, 0.2) is 0 Å². The molecule has 0 unspecified atom stereocenters. The number of carbonyl (C=O) groups is 1.